The van der Waals surface area contributed by atoms with E-state index in [-0.39, 0.29) is 11.9 Å². The summed E-state index contributed by atoms with van der Waals surface area (Å²) in [6, 6.07) is 12.6. The van der Waals surface area contributed by atoms with E-state index in [4.69, 9.17) is 4.74 Å². The molecule has 1 N–H and O–H groups in total. The molecule has 0 aliphatic heterocycles. The smallest absolute Gasteiger partial charge is 0.338 e. The maximum Gasteiger partial charge on any atom is 0.338 e. The van der Waals surface area contributed by atoms with Gasteiger partial charge in [-0.3, -0.25) is 4.79 Å². The van der Waals surface area contributed by atoms with E-state index in [0.29, 0.717) is 29.0 Å². The van der Waals surface area contributed by atoms with Crippen molar-refractivity contribution in [2.24, 2.45) is 0 Å². The molecule has 0 radical (unpaired) electrons. The molecule has 0 saturated heterocycles. The van der Waals surface area contributed by atoms with Crippen molar-refractivity contribution in [3.63, 3.8) is 0 Å². The van der Waals surface area contributed by atoms with E-state index >= 15 is 0 Å². The third kappa shape index (κ3) is 3.93. The summed E-state index contributed by atoms with van der Waals surface area (Å²) in [5.74, 6) is -0.579. The molecule has 0 unspecified atom stereocenters. The zero-order valence-corrected chi connectivity index (χ0v) is 14.2. The summed E-state index contributed by atoms with van der Waals surface area (Å²) >= 11 is 1.52. The SMILES string of the molecule is CCOC(=O)c1cccc(NC(=O)c2ccccc2SC)c1C. The number of carbonyl (C=O) groups excluding carboxylic acids is 2. The second-order valence-electron chi connectivity index (χ2n) is 4.85. The molecule has 0 aliphatic rings. The highest BCUT2D eigenvalue weighted by molar-refractivity contribution is 7.98. The van der Waals surface area contributed by atoms with E-state index < -0.39 is 0 Å². The van der Waals surface area contributed by atoms with Gasteiger partial charge in [0, 0.05) is 10.6 Å². The van der Waals surface area contributed by atoms with Gasteiger partial charge in [0.05, 0.1) is 17.7 Å². The molecule has 0 bridgehead atoms. The molecule has 2 aromatic carbocycles. The molecule has 5 heteroatoms. The number of hydrogen-bond donors (Lipinski definition) is 1. The van der Waals surface area contributed by atoms with Crippen LogP contribution in [-0.2, 0) is 4.74 Å². The fraction of sp³-hybridized carbons (Fsp3) is 0.222. The van der Waals surface area contributed by atoms with Crippen LogP contribution in [0.3, 0.4) is 0 Å². The van der Waals surface area contributed by atoms with Crippen molar-refractivity contribution in [3.05, 3.63) is 59.2 Å². The molecule has 120 valence electrons. The van der Waals surface area contributed by atoms with Crippen LogP contribution in [0.25, 0.3) is 0 Å². The van der Waals surface area contributed by atoms with E-state index in [2.05, 4.69) is 5.32 Å². The van der Waals surface area contributed by atoms with Crippen molar-refractivity contribution >= 4 is 29.3 Å². The number of esters is 1. The number of hydrogen-bond acceptors (Lipinski definition) is 4. The number of ether oxygens (including phenoxy) is 1. The van der Waals surface area contributed by atoms with Gasteiger partial charge in [-0.15, -0.1) is 11.8 Å². The lowest BCUT2D eigenvalue weighted by molar-refractivity contribution is 0.0525. The Morgan fingerprint density at radius 3 is 2.48 bits per heavy atom. The van der Waals surface area contributed by atoms with Crippen molar-refractivity contribution in [2.45, 2.75) is 18.7 Å². The average molecular weight is 329 g/mol. The quantitative estimate of drug-likeness (QED) is 0.661. The van der Waals surface area contributed by atoms with Crippen LogP contribution in [0.4, 0.5) is 5.69 Å². The third-order valence-corrected chi connectivity index (χ3v) is 4.22. The van der Waals surface area contributed by atoms with E-state index in [0.717, 1.165) is 4.90 Å². The molecule has 4 nitrogen and oxygen atoms in total. The first-order chi connectivity index (χ1) is 11.1. The highest BCUT2D eigenvalue weighted by Crippen LogP contribution is 2.24. The molecule has 1 amide bonds. The first kappa shape index (κ1) is 17.1. The Bertz CT molecular complexity index is 728. The summed E-state index contributed by atoms with van der Waals surface area (Å²) in [6.07, 6.45) is 1.93. The van der Waals surface area contributed by atoms with Crippen molar-refractivity contribution in [3.8, 4) is 0 Å². The summed E-state index contributed by atoms with van der Waals surface area (Å²) in [6.45, 7) is 3.87. The summed E-state index contributed by atoms with van der Waals surface area (Å²) < 4.78 is 5.03. The fourth-order valence-electron chi connectivity index (χ4n) is 2.22. The number of rotatable bonds is 5. The Morgan fingerprint density at radius 2 is 1.78 bits per heavy atom. The lowest BCUT2D eigenvalue weighted by Gasteiger charge is -2.13. The predicted molar refractivity (Wildman–Crippen MR) is 93.3 cm³/mol. The largest absolute Gasteiger partial charge is 0.462 e. The van der Waals surface area contributed by atoms with Gasteiger partial charge in [-0.05, 0) is 49.9 Å². The van der Waals surface area contributed by atoms with Gasteiger partial charge < -0.3 is 10.1 Å². The zero-order valence-electron chi connectivity index (χ0n) is 13.4. The third-order valence-electron chi connectivity index (χ3n) is 3.43. The highest BCUT2D eigenvalue weighted by Gasteiger charge is 2.16. The minimum absolute atomic E-state index is 0.195. The van der Waals surface area contributed by atoms with Crippen molar-refractivity contribution in [2.75, 3.05) is 18.2 Å². The van der Waals surface area contributed by atoms with Gasteiger partial charge in [0.25, 0.3) is 5.91 Å². The van der Waals surface area contributed by atoms with Crippen LogP contribution in [0.1, 0.15) is 33.2 Å². The van der Waals surface area contributed by atoms with Crippen molar-refractivity contribution in [1.82, 2.24) is 0 Å². The van der Waals surface area contributed by atoms with E-state index in [9.17, 15) is 9.59 Å². The van der Waals surface area contributed by atoms with Gasteiger partial charge >= 0.3 is 5.97 Å². The highest BCUT2D eigenvalue weighted by atomic mass is 32.2. The molecule has 2 aromatic rings. The molecule has 0 aromatic heterocycles. The van der Waals surface area contributed by atoms with E-state index in [1.165, 1.54) is 11.8 Å². The Morgan fingerprint density at radius 1 is 1.09 bits per heavy atom. The van der Waals surface area contributed by atoms with Gasteiger partial charge in [0.15, 0.2) is 0 Å². The van der Waals surface area contributed by atoms with E-state index in [1.807, 2.05) is 24.5 Å². The second kappa shape index (κ2) is 7.83. The Labute approximate surface area is 140 Å². The van der Waals surface area contributed by atoms with Gasteiger partial charge in [-0.1, -0.05) is 18.2 Å². The fourth-order valence-corrected chi connectivity index (χ4v) is 2.82. The minimum atomic E-state index is -0.384. The van der Waals surface area contributed by atoms with Gasteiger partial charge in [-0.2, -0.15) is 0 Å². The van der Waals surface area contributed by atoms with Crippen molar-refractivity contribution in [1.29, 1.82) is 0 Å². The molecule has 0 fully saturated rings. The number of thioether (sulfide) groups is 1. The lowest BCUT2D eigenvalue weighted by Crippen LogP contribution is -2.15. The first-order valence-corrected chi connectivity index (χ1v) is 8.52. The number of anilines is 1. The summed E-state index contributed by atoms with van der Waals surface area (Å²) in [5, 5.41) is 2.88. The summed E-state index contributed by atoms with van der Waals surface area (Å²) in [5.41, 5.74) is 2.38. The summed E-state index contributed by atoms with van der Waals surface area (Å²) in [7, 11) is 0. The standard InChI is InChI=1S/C18H19NO3S/c1-4-22-18(21)13-9-7-10-15(12(13)2)19-17(20)14-8-5-6-11-16(14)23-3/h5-11H,4H2,1-3H3,(H,19,20). The van der Waals surface area contributed by atoms with Crippen molar-refractivity contribution < 1.29 is 14.3 Å². The van der Waals surface area contributed by atoms with Crippen LogP contribution in [0.5, 0.6) is 0 Å². The van der Waals surface area contributed by atoms with Crippen LogP contribution < -0.4 is 5.32 Å². The topological polar surface area (TPSA) is 55.4 Å². The Kier molecular flexibility index (Phi) is 5.82. The van der Waals surface area contributed by atoms with E-state index in [1.54, 1.807) is 38.1 Å². The molecular formula is C18H19NO3S. The predicted octanol–water partition coefficient (Wildman–Crippen LogP) is 4.15. The lowest BCUT2D eigenvalue weighted by atomic mass is 10.1. The van der Waals surface area contributed by atoms with Gasteiger partial charge in [0.1, 0.15) is 0 Å². The molecule has 0 atom stereocenters. The van der Waals surface area contributed by atoms with Crippen LogP contribution in [0.15, 0.2) is 47.4 Å². The molecular weight excluding hydrogens is 310 g/mol. The van der Waals surface area contributed by atoms with Crippen LogP contribution >= 0.6 is 11.8 Å². The Hall–Kier alpha value is -2.27. The normalized spacial score (nSPS) is 10.2. The number of carbonyl (C=O) groups is 2. The molecule has 0 heterocycles. The maximum absolute atomic E-state index is 12.5. The molecule has 0 saturated carbocycles. The second-order valence-corrected chi connectivity index (χ2v) is 5.70. The van der Waals surface area contributed by atoms with Crippen LogP contribution in [0, 0.1) is 6.92 Å². The number of amides is 1. The van der Waals surface area contributed by atoms with Crippen LogP contribution in [-0.4, -0.2) is 24.7 Å². The number of nitrogens with one attached hydrogen (secondary N) is 1. The van der Waals surface area contributed by atoms with Gasteiger partial charge in [-0.25, -0.2) is 4.79 Å². The molecule has 2 rings (SSSR count). The average Bonchev–Trinajstić information content (AvgIpc) is 2.56. The number of benzene rings is 2. The van der Waals surface area contributed by atoms with Crippen LogP contribution in [0.2, 0.25) is 0 Å². The summed E-state index contributed by atoms with van der Waals surface area (Å²) in [4.78, 5) is 25.4. The molecule has 0 aliphatic carbocycles. The maximum atomic E-state index is 12.5. The first-order valence-electron chi connectivity index (χ1n) is 7.29. The zero-order chi connectivity index (χ0) is 16.8. The molecule has 23 heavy (non-hydrogen) atoms. The minimum Gasteiger partial charge on any atom is -0.462 e. The Balaban J connectivity index is 2.28. The van der Waals surface area contributed by atoms with Gasteiger partial charge in [0.2, 0.25) is 0 Å². The monoisotopic (exact) mass is 329 g/mol. The molecule has 0 spiro atoms.